The van der Waals surface area contributed by atoms with Crippen LogP contribution in [0.25, 0.3) is 0 Å². The topological polar surface area (TPSA) is 12.5 Å². The monoisotopic (exact) mass is 311 g/mol. The highest BCUT2D eigenvalue weighted by Gasteiger charge is 2.20. The van der Waals surface area contributed by atoms with Gasteiger partial charge in [0.05, 0.1) is 0 Å². The Morgan fingerprint density at radius 3 is 2.39 bits per heavy atom. The van der Waals surface area contributed by atoms with Gasteiger partial charge in [-0.15, -0.1) is 0 Å². The summed E-state index contributed by atoms with van der Waals surface area (Å²) in [7, 11) is 0. The second kappa shape index (κ2) is 6.58. The third-order valence-electron chi connectivity index (χ3n) is 3.27. The van der Waals surface area contributed by atoms with Gasteiger partial charge in [-0.05, 0) is 43.0 Å². The molecule has 0 aliphatic carbocycles. The predicted octanol–water partition coefficient (Wildman–Crippen LogP) is 3.95. The average molecular weight is 312 g/mol. The number of ether oxygens (including phenoxy) is 1. The maximum Gasteiger partial charge on any atom is 0.119 e. The Morgan fingerprint density at radius 2 is 1.83 bits per heavy atom. The Kier molecular flexibility index (Phi) is 5.07. The Balaban J connectivity index is 1.78. The predicted molar refractivity (Wildman–Crippen MR) is 79.1 cm³/mol. The highest BCUT2D eigenvalue weighted by atomic mass is 79.9. The van der Waals surface area contributed by atoms with Crippen LogP contribution in [0.3, 0.4) is 0 Å². The molecular weight excluding hydrogens is 290 g/mol. The molecule has 1 fully saturated rings. The molecule has 1 heterocycles. The van der Waals surface area contributed by atoms with Gasteiger partial charge in [0.2, 0.25) is 0 Å². The van der Waals surface area contributed by atoms with Crippen molar-refractivity contribution in [2.45, 2.75) is 32.8 Å². The molecule has 0 N–H and O–H groups in total. The van der Waals surface area contributed by atoms with Crippen molar-refractivity contribution in [2.24, 2.45) is 5.92 Å². The summed E-state index contributed by atoms with van der Waals surface area (Å²) in [5, 5.41) is 0. The zero-order chi connectivity index (χ0) is 13.0. The number of nitrogens with zero attached hydrogens (tertiary/aromatic N) is 1. The van der Waals surface area contributed by atoms with E-state index in [4.69, 9.17) is 4.74 Å². The number of likely N-dealkylation sites (tertiary alicyclic amines) is 1. The number of benzene rings is 1. The summed E-state index contributed by atoms with van der Waals surface area (Å²) in [6, 6.07) is 8.13. The molecule has 100 valence electrons. The zero-order valence-electron chi connectivity index (χ0n) is 11.2. The highest BCUT2D eigenvalue weighted by molar-refractivity contribution is 9.10. The number of hydrogen-bond acceptors (Lipinski definition) is 2. The first-order valence-electron chi connectivity index (χ1n) is 6.78. The van der Waals surface area contributed by atoms with Gasteiger partial charge in [0, 0.05) is 24.1 Å². The molecule has 0 atom stereocenters. The van der Waals surface area contributed by atoms with Gasteiger partial charge in [0.1, 0.15) is 11.9 Å². The lowest BCUT2D eigenvalue weighted by Crippen LogP contribution is -2.39. The van der Waals surface area contributed by atoms with Crippen molar-refractivity contribution in [3.05, 3.63) is 28.7 Å². The molecule has 2 nitrogen and oxygen atoms in total. The molecule has 2 rings (SSSR count). The fraction of sp³-hybridized carbons (Fsp3) is 0.600. The Bertz CT molecular complexity index is 355. The first-order valence-corrected chi connectivity index (χ1v) is 7.57. The van der Waals surface area contributed by atoms with Crippen molar-refractivity contribution >= 4 is 15.9 Å². The summed E-state index contributed by atoms with van der Waals surface area (Å²) in [6.45, 7) is 8.11. The van der Waals surface area contributed by atoms with Gasteiger partial charge in [0.15, 0.2) is 0 Å². The Morgan fingerprint density at radius 1 is 1.22 bits per heavy atom. The second-order valence-electron chi connectivity index (χ2n) is 5.47. The van der Waals surface area contributed by atoms with Gasteiger partial charge in [-0.25, -0.2) is 0 Å². The molecule has 0 radical (unpaired) electrons. The SMILES string of the molecule is CC(C)CN1CCC(Oc2ccc(Br)cc2)CC1. The summed E-state index contributed by atoms with van der Waals surface area (Å²) in [5.41, 5.74) is 0. The van der Waals surface area contributed by atoms with Crippen molar-refractivity contribution in [3.8, 4) is 5.75 Å². The van der Waals surface area contributed by atoms with E-state index in [9.17, 15) is 0 Å². The van der Waals surface area contributed by atoms with Crippen LogP contribution >= 0.6 is 15.9 Å². The van der Waals surface area contributed by atoms with Crippen LogP contribution in [0.4, 0.5) is 0 Å². The van der Waals surface area contributed by atoms with Crippen LogP contribution in [0.15, 0.2) is 28.7 Å². The van der Waals surface area contributed by atoms with E-state index in [1.807, 2.05) is 24.3 Å². The summed E-state index contributed by atoms with van der Waals surface area (Å²) in [4.78, 5) is 2.55. The molecule has 0 aromatic heterocycles. The molecule has 1 aromatic rings. The van der Waals surface area contributed by atoms with E-state index < -0.39 is 0 Å². The minimum absolute atomic E-state index is 0.384. The van der Waals surface area contributed by atoms with Gasteiger partial charge < -0.3 is 9.64 Å². The van der Waals surface area contributed by atoms with Crippen molar-refractivity contribution < 1.29 is 4.74 Å². The van der Waals surface area contributed by atoms with Crippen molar-refractivity contribution in [2.75, 3.05) is 19.6 Å². The van der Waals surface area contributed by atoms with Crippen molar-refractivity contribution in [1.82, 2.24) is 4.90 Å². The van der Waals surface area contributed by atoms with Crippen LogP contribution in [0.5, 0.6) is 5.75 Å². The maximum atomic E-state index is 6.02. The van der Waals surface area contributed by atoms with Gasteiger partial charge in [0.25, 0.3) is 0 Å². The molecule has 0 bridgehead atoms. The molecule has 0 unspecified atom stereocenters. The molecule has 1 saturated heterocycles. The summed E-state index contributed by atoms with van der Waals surface area (Å²) in [5.74, 6) is 1.74. The van der Waals surface area contributed by atoms with Crippen LogP contribution in [0.2, 0.25) is 0 Å². The van der Waals surface area contributed by atoms with Crippen molar-refractivity contribution in [1.29, 1.82) is 0 Å². The molecule has 3 heteroatoms. The normalized spacial score (nSPS) is 18.2. The van der Waals surface area contributed by atoms with E-state index in [0.717, 1.165) is 29.0 Å². The zero-order valence-corrected chi connectivity index (χ0v) is 12.8. The van der Waals surface area contributed by atoms with E-state index in [-0.39, 0.29) is 0 Å². The minimum atomic E-state index is 0.384. The maximum absolute atomic E-state index is 6.02. The highest BCUT2D eigenvalue weighted by Crippen LogP contribution is 2.21. The largest absolute Gasteiger partial charge is 0.490 e. The van der Waals surface area contributed by atoms with Crippen molar-refractivity contribution in [3.63, 3.8) is 0 Å². The standard InChI is InChI=1S/C15H22BrNO/c1-12(2)11-17-9-7-15(8-10-17)18-14-5-3-13(16)4-6-14/h3-6,12,15H,7-11H2,1-2H3. The first-order chi connectivity index (χ1) is 8.63. The summed E-state index contributed by atoms with van der Waals surface area (Å²) >= 11 is 3.44. The summed E-state index contributed by atoms with van der Waals surface area (Å²) < 4.78 is 7.11. The molecule has 1 aliphatic rings. The van der Waals surface area contributed by atoms with E-state index in [0.29, 0.717) is 6.10 Å². The van der Waals surface area contributed by atoms with E-state index in [1.54, 1.807) is 0 Å². The fourth-order valence-electron chi connectivity index (χ4n) is 2.43. The van der Waals surface area contributed by atoms with E-state index >= 15 is 0 Å². The second-order valence-corrected chi connectivity index (χ2v) is 6.38. The van der Waals surface area contributed by atoms with Gasteiger partial charge >= 0.3 is 0 Å². The third-order valence-corrected chi connectivity index (χ3v) is 3.80. The quantitative estimate of drug-likeness (QED) is 0.835. The van der Waals surface area contributed by atoms with Crippen LogP contribution < -0.4 is 4.74 Å². The lowest BCUT2D eigenvalue weighted by Gasteiger charge is -2.33. The van der Waals surface area contributed by atoms with Crippen LogP contribution in [-0.4, -0.2) is 30.6 Å². The third kappa shape index (κ3) is 4.29. The molecule has 0 amide bonds. The van der Waals surface area contributed by atoms with Crippen LogP contribution in [0, 0.1) is 5.92 Å². The smallest absolute Gasteiger partial charge is 0.119 e. The molecular formula is C15H22BrNO. The molecule has 1 aliphatic heterocycles. The number of hydrogen-bond donors (Lipinski definition) is 0. The lowest BCUT2D eigenvalue weighted by atomic mass is 10.1. The number of piperidine rings is 1. The lowest BCUT2D eigenvalue weighted by molar-refractivity contribution is 0.0941. The fourth-order valence-corrected chi connectivity index (χ4v) is 2.70. The average Bonchev–Trinajstić information content (AvgIpc) is 2.34. The Labute approximate surface area is 118 Å². The minimum Gasteiger partial charge on any atom is -0.490 e. The van der Waals surface area contributed by atoms with Gasteiger partial charge in [-0.3, -0.25) is 0 Å². The van der Waals surface area contributed by atoms with E-state index in [2.05, 4.69) is 34.7 Å². The van der Waals surface area contributed by atoms with Crippen LogP contribution in [-0.2, 0) is 0 Å². The van der Waals surface area contributed by atoms with Crippen LogP contribution in [0.1, 0.15) is 26.7 Å². The number of halogens is 1. The molecule has 1 aromatic carbocycles. The van der Waals surface area contributed by atoms with Gasteiger partial charge in [-0.1, -0.05) is 29.8 Å². The molecule has 18 heavy (non-hydrogen) atoms. The first kappa shape index (κ1) is 13.9. The van der Waals surface area contributed by atoms with Gasteiger partial charge in [-0.2, -0.15) is 0 Å². The van der Waals surface area contributed by atoms with E-state index in [1.165, 1.54) is 19.6 Å². The number of rotatable bonds is 4. The Hall–Kier alpha value is -0.540. The molecule has 0 spiro atoms. The molecule has 0 saturated carbocycles. The summed E-state index contributed by atoms with van der Waals surface area (Å²) in [6.07, 6.45) is 2.67.